The van der Waals surface area contributed by atoms with Gasteiger partial charge in [0.05, 0.1) is 0 Å². The van der Waals surface area contributed by atoms with Crippen molar-refractivity contribution in [1.82, 2.24) is 5.32 Å². The molecule has 5 heteroatoms. The number of aryl methyl sites for hydroxylation is 2. The van der Waals surface area contributed by atoms with Crippen LogP contribution in [0.15, 0.2) is 10.5 Å². The predicted molar refractivity (Wildman–Crippen MR) is 73.6 cm³/mol. The number of carbonyl (C=O) groups is 2. The minimum absolute atomic E-state index is 0.210. The topological polar surface area (TPSA) is 79.5 Å². The average molecular weight is 279 g/mol. The lowest BCUT2D eigenvalue weighted by molar-refractivity contribution is -0.146. The Labute approximate surface area is 118 Å². The first kappa shape index (κ1) is 14.6. The first-order valence-corrected chi connectivity index (χ1v) is 6.97. The molecule has 0 bridgehead atoms. The molecule has 0 aromatic carbocycles. The van der Waals surface area contributed by atoms with Crippen LogP contribution < -0.4 is 5.32 Å². The van der Waals surface area contributed by atoms with Gasteiger partial charge in [-0.15, -0.1) is 0 Å². The number of hydrogen-bond acceptors (Lipinski definition) is 3. The second-order valence-electron chi connectivity index (χ2n) is 5.89. The van der Waals surface area contributed by atoms with E-state index < -0.39 is 17.4 Å². The second kappa shape index (κ2) is 5.31. The Morgan fingerprint density at radius 3 is 2.40 bits per heavy atom. The van der Waals surface area contributed by atoms with Gasteiger partial charge in [0, 0.05) is 5.56 Å². The van der Waals surface area contributed by atoms with E-state index in [0.717, 1.165) is 18.4 Å². The number of carboxylic acid groups (broad SMARTS) is 1. The van der Waals surface area contributed by atoms with Crippen molar-refractivity contribution in [2.24, 2.45) is 5.92 Å². The van der Waals surface area contributed by atoms with Crippen molar-refractivity contribution in [1.29, 1.82) is 0 Å². The van der Waals surface area contributed by atoms with Crippen LogP contribution >= 0.6 is 0 Å². The number of furan rings is 1. The van der Waals surface area contributed by atoms with Crippen LogP contribution in [0.25, 0.3) is 0 Å². The molecule has 1 amide bonds. The molecule has 1 heterocycles. The van der Waals surface area contributed by atoms with Gasteiger partial charge in [0.25, 0.3) is 5.91 Å². The van der Waals surface area contributed by atoms with E-state index in [1.54, 1.807) is 19.9 Å². The largest absolute Gasteiger partial charge is 0.480 e. The van der Waals surface area contributed by atoms with Crippen LogP contribution in [0.5, 0.6) is 0 Å². The summed E-state index contributed by atoms with van der Waals surface area (Å²) in [6, 6.07) is 1.77. The van der Waals surface area contributed by atoms with Gasteiger partial charge in [0.2, 0.25) is 0 Å². The van der Waals surface area contributed by atoms with E-state index in [9.17, 15) is 14.7 Å². The summed E-state index contributed by atoms with van der Waals surface area (Å²) < 4.78 is 5.36. The van der Waals surface area contributed by atoms with Crippen molar-refractivity contribution in [3.8, 4) is 0 Å². The first-order valence-electron chi connectivity index (χ1n) is 6.97. The van der Waals surface area contributed by atoms with Crippen LogP contribution in [0.3, 0.4) is 0 Å². The fraction of sp³-hybridized carbons (Fsp3) is 0.600. The lowest BCUT2D eigenvalue weighted by Crippen LogP contribution is -2.56. The molecule has 1 aromatic rings. The van der Waals surface area contributed by atoms with E-state index in [1.165, 1.54) is 0 Å². The molecule has 20 heavy (non-hydrogen) atoms. The quantitative estimate of drug-likeness (QED) is 0.891. The molecule has 2 N–H and O–H groups in total. The van der Waals surface area contributed by atoms with E-state index in [-0.39, 0.29) is 5.76 Å². The molecule has 1 aliphatic carbocycles. The number of nitrogens with one attached hydrogen (secondary N) is 1. The highest BCUT2D eigenvalue weighted by atomic mass is 16.4. The molecule has 0 unspecified atom stereocenters. The van der Waals surface area contributed by atoms with Gasteiger partial charge in [-0.25, -0.2) is 4.79 Å². The molecule has 1 fully saturated rings. The Balaban J connectivity index is 2.19. The Morgan fingerprint density at radius 1 is 1.35 bits per heavy atom. The maximum absolute atomic E-state index is 12.3. The zero-order valence-electron chi connectivity index (χ0n) is 12.2. The number of aliphatic carboxylic acids is 1. The van der Waals surface area contributed by atoms with Gasteiger partial charge in [-0.1, -0.05) is 6.92 Å². The number of carboxylic acids is 1. The number of hydrogen-bond donors (Lipinski definition) is 2. The molecular weight excluding hydrogens is 258 g/mol. The molecule has 0 spiro atoms. The zero-order valence-corrected chi connectivity index (χ0v) is 12.2. The zero-order chi connectivity index (χ0) is 14.9. The Hall–Kier alpha value is -1.78. The van der Waals surface area contributed by atoms with Gasteiger partial charge < -0.3 is 14.8 Å². The third-order valence-electron chi connectivity index (χ3n) is 4.14. The van der Waals surface area contributed by atoms with Crippen LogP contribution in [0, 0.1) is 19.8 Å². The van der Waals surface area contributed by atoms with E-state index in [1.807, 2.05) is 0 Å². The third-order valence-corrected chi connectivity index (χ3v) is 4.14. The lowest BCUT2D eigenvalue weighted by Gasteiger charge is -2.36. The Kier molecular flexibility index (Phi) is 3.88. The minimum atomic E-state index is -1.16. The first-order chi connectivity index (χ1) is 9.34. The smallest absolute Gasteiger partial charge is 0.329 e. The van der Waals surface area contributed by atoms with Gasteiger partial charge >= 0.3 is 5.97 Å². The molecular formula is C15H21NO4. The summed E-state index contributed by atoms with van der Waals surface area (Å²) in [7, 11) is 0. The SMILES string of the molecule is Cc1cc(C)c(C(=O)NC2(C(=O)O)CCC(C)CC2)o1. The van der Waals surface area contributed by atoms with Crippen LogP contribution in [-0.4, -0.2) is 22.5 Å². The minimum Gasteiger partial charge on any atom is -0.480 e. The second-order valence-corrected chi connectivity index (χ2v) is 5.89. The Bertz CT molecular complexity index is 524. The molecule has 5 nitrogen and oxygen atoms in total. The molecule has 1 aliphatic rings. The summed E-state index contributed by atoms with van der Waals surface area (Å²) >= 11 is 0. The fourth-order valence-corrected chi connectivity index (χ4v) is 2.79. The highest BCUT2D eigenvalue weighted by Crippen LogP contribution is 2.32. The molecule has 2 rings (SSSR count). The number of amides is 1. The molecule has 110 valence electrons. The highest BCUT2D eigenvalue weighted by molar-refractivity contribution is 5.96. The van der Waals surface area contributed by atoms with Crippen LogP contribution in [-0.2, 0) is 4.79 Å². The highest BCUT2D eigenvalue weighted by Gasteiger charge is 2.43. The Morgan fingerprint density at radius 2 is 1.95 bits per heavy atom. The molecule has 1 aromatic heterocycles. The summed E-state index contributed by atoms with van der Waals surface area (Å²) in [5, 5.41) is 12.2. The summed E-state index contributed by atoms with van der Waals surface area (Å²) in [5.74, 6) is -0.0331. The molecule has 0 atom stereocenters. The standard InChI is InChI=1S/C15H21NO4/c1-9-4-6-15(7-5-9,14(18)19)16-13(17)12-10(2)8-11(3)20-12/h8-9H,4-7H2,1-3H3,(H,16,17)(H,18,19). The maximum Gasteiger partial charge on any atom is 0.329 e. The normalized spacial score (nSPS) is 26.2. The predicted octanol–water partition coefficient (Wildman–Crippen LogP) is 2.66. The molecule has 0 saturated heterocycles. The monoisotopic (exact) mass is 279 g/mol. The number of carbonyl (C=O) groups excluding carboxylic acids is 1. The number of rotatable bonds is 3. The molecule has 0 radical (unpaired) electrons. The van der Waals surface area contributed by atoms with Gasteiger partial charge in [-0.3, -0.25) is 4.79 Å². The molecule has 1 saturated carbocycles. The van der Waals surface area contributed by atoms with E-state index >= 15 is 0 Å². The van der Waals surface area contributed by atoms with Crippen LogP contribution in [0.2, 0.25) is 0 Å². The van der Waals surface area contributed by atoms with Gasteiger partial charge in [0.15, 0.2) is 5.76 Å². The fourth-order valence-electron chi connectivity index (χ4n) is 2.79. The molecule has 0 aliphatic heterocycles. The van der Waals surface area contributed by atoms with E-state index in [2.05, 4.69) is 12.2 Å². The van der Waals surface area contributed by atoms with Crippen molar-refractivity contribution < 1.29 is 19.1 Å². The maximum atomic E-state index is 12.3. The van der Waals surface area contributed by atoms with Crippen molar-refractivity contribution in [2.45, 2.75) is 52.0 Å². The van der Waals surface area contributed by atoms with Crippen molar-refractivity contribution >= 4 is 11.9 Å². The van der Waals surface area contributed by atoms with E-state index in [0.29, 0.717) is 24.5 Å². The third kappa shape index (κ3) is 2.71. The van der Waals surface area contributed by atoms with Gasteiger partial charge in [-0.2, -0.15) is 0 Å². The van der Waals surface area contributed by atoms with Crippen LogP contribution in [0.4, 0.5) is 0 Å². The summed E-state index contributed by atoms with van der Waals surface area (Å²) in [6.45, 7) is 5.65. The average Bonchev–Trinajstić information content (AvgIpc) is 2.71. The van der Waals surface area contributed by atoms with Gasteiger partial charge in [0.1, 0.15) is 11.3 Å². The summed E-state index contributed by atoms with van der Waals surface area (Å²) in [5.41, 5.74) is -0.429. The van der Waals surface area contributed by atoms with Crippen LogP contribution in [0.1, 0.15) is 54.5 Å². The summed E-state index contributed by atoms with van der Waals surface area (Å²) in [4.78, 5) is 23.9. The van der Waals surface area contributed by atoms with Crippen molar-refractivity contribution in [3.05, 3.63) is 23.2 Å². The lowest BCUT2D eigenvalue weighted by atomic mass is 9.77. The van der Waals surface area contributed by atoms with Crippen molar-refractivity contribution in [2.75, 3.05) is 0 Å². The van der Waals surface area contributed by atoms with Crippen molar-refractivity contribution in [3.63, 3.8) is 0 Å². The summed E-state index contributed by atoms with van der Waals surface area (Å²) in [6.07, 6.45) is 2.55. The van der Waals surface area contributed by atoms with Gasteiger partial charge in [-0.05, 0) is 51.5 Å². The van der Waals surface area contributed by atoms with E-state index in [4.69, 9.17) is 4.42 Å².